The van der Waals surface area contributed by atoms with Gasteiger partial charge in [-0.15, -0.1) is 0 Å². The molecule has 0 spiro atoms. The number of hydrogen-bond acceptors (Lipinski definition) is 4. The summed E-state index contributed by atoms with van der Waals surface area (Å²) in [5, 5.41) is 3.39. The molecule has 1 atom stereocenters. The highest BCUT2D eigenvalue weighted by atomic mass is 16.2. The zero-order chi connectivity index (χ0) is 24.7. The maximum absolute atomic E-state index is 13.7. The van der Waals surface area contributed by atoms with Crippen LogP contribution in [-0.2, 0) is 16.9 Å². The van der Waals surface area contributed by atoms with Crippen LogP contribution in [0.5, 0.6) is 0 Å². The molecule has 1 aliphatic rings. The number of nitrogens with one attached hydrogen (secondary N) is 1. The lowest BCUT2D eigenvalue weighted by Gasteiger charge is -2.26. The minimum Gasteiger partial charge on any atom is -0.319 e. The quantitative estimate of drug-likeness (QED) is 0.443. The number of hydrogen-bond donors (Lipinski definition) is 1. The van der Waals surface area contributed by atoms with Gasteiger partial charge >= 0.3 is 6.03 Å². The molecule has 7 nitrogen and oxygen atoms in total. The maximum Gasteiger partial charge on any atom is 0.325 e. The number of carbonyl (C=O) groups is 2. The Kier molecular flexibility index (Phi) is 5.47. The molecule has 0 bridgehead atoms. The van der Waals surface area contributed by atoms with Crippen LogP contribution in [-0.4, -0.2) is 26.4 Å². The zero-order valence-electron chi connectivity index (χ0n) is 19.9. The second-order valence-electron chi connectivity index (χ2n) is 8.97. The van der Waals surface area contributed by atoms with E-state index in [4.69, 9.17) is 4.98 Å². The van der Waals surface area contributed by atoms with Gasteiger partial charge in [0.1, 0.15) is 11.4 Å². The first-order valence-electron chi connectivity index (χ1n) is 11.6. The third-order valence-corrected chi connectivity index (χ3v) is 6.65. The molecule has 0 radical (unpaired) electrons. The molecule has 7 heteroatoms. The third kappa shape index (κ3) is 3.69. The van der Waals surface area contributed by atoms with Crippen molar-refractivity contribution in [2.75, 3.05) is 0 Å². The summed E-state index contributed by atoms with van der Waals surface area (Å²) in [6, 6.07) is 21.7. The fraction of sp³-hybridized carbons (Fsp3) is 0.214. The Morgan fingerprint density at radius 1 is 0.886 bits per heavy atom. The number of benzene rings is 3. The normalized spacial score (nSPS) is 17.7. The van der Waals surface area contributed by atoms with E-state index in [1.165, 1.54) is 4.57 Å². The van der Waals surface area contributed by atoms with Gasteiger partial charge in [-0.3, -0.25) is 19.1 Å². The summed E-state index contributed by atoms with van der Waals surface area (Å²) < 4.78 is 1.49. The lowest BCUT2D eigenvalue weighted by molar-refractivity contribution is -0.132. The van der Waals surface area contributed by atoms with Gasteiger partial charge in [-0.2, -0.15) is 0 Å². The first-order valence-corrected chi connectivity index (χ1v) is 11.6. The van der Waals surface area contributed by atoms with E-state index in [9.17, 15) is 14.4 Å². The average molecular weight is 467 g/mol. The first kappa shape index (κ1) is 22.5. The largest absolute Gasteiger partial charge is 0.325 e. The fourth-order valence-corrected chi connectivity index (χ4v) is 4.71. The first-order chi connectivity index (χ1) is 16.8. The van der Waals surface area contributed by atoms with Gasteiger partial charge in [-0.05, 0) is 55.7 Å². The predicted octanol–water partition coefficient (Wildman–Crippen LogP) is 4.36. The highest BCUT2D eigenvalue weighted by Gasteiger charge is 2.51. The van der Waals surface area contributed by atoms with Crippen LogP contribution in [0.1, 0.15) is 35.9 Å². The van der Waals surface area contributed by atoms with Gasteiger partial charge in [0, 0.05) is 0 Å². The number of rotatable bonds is 5. The molecule has 4 aromatic rings. The third-order valence-electron chi connectivity index (χ3n) is 6.65. The van der Waals surface area contributed by atoms with E-state index in [1.807, 2.05) is 75.4 Å². The Balaban J connectivity index is 1.63. The molecule has 1 unspecified atom stereocenters. The van der Waals surface area contributed by atoms with Crippen LogP contribution in [0.4, 0.5) is 4.79 Å². The fourth-order valence-electron chi connectivity index (χ4n) is 4.71. The van der Waals surface area contributed by atoms with Crippen molar-refractivity contribution in [1.82, 2.24) is 19.8 Å². The van der Waals surface area contributed by atoms with Crippen LogP contribution in [0.2, 0.25) is 0 Å². The maximum atomic E-state index is 13.7. The lowest BCUT2D eigenvalue weighted by atomic mass is 9.87. The van der Waals surface area contributed by atoms with Crippen molar-refractivity contribution >= 4 is 22.8 Å². The highest BCUT2D eigenvalue weighted by molar-refractivity contribution is 6.07. The molecule has 1 aliphatic heterocycles. The van der Waals surface area contributed by atoms with E-state index in [-0.39, 0.29) is 18.0 Å². The van der Waals surface area contributed by atoms with Gasteiger partial charge in [-0.1, -0.05) is 61.0 Å². The molecule has 0 aliphatic carbocycles. The molecule has 35 heavy (non-hydrogen) atoms. The van der Waals surface area contributed by atoms with Gasteiger partial charge < -0.3 is 5.32 Å². The van der Waals surface area contributed by atoms with Crippen molar-refractivity contribution in [1.29, 1.82) is 0 Å². The van der Waals surface area contributed by atoms with Crippen LogP contribution in [0.25, 0.3) is 16.6 Å². The van der Waals surface area contributed by atoms with Gasteiger partial charge in [0.2, 0.25) is 0 Å². The van der Waals surface area contributed by atoms with E-state index >= 15 is 0 Å². The molecule has 5 rings (SSSR count). The zero-order valence-corrected chi connectivity index (χ0v) is 19.9. The van der Waals surface area contributed by atoms with Crippen LogP contribution in [0.15, 0.2) is 77.6 Å². The number of para-hydroxylation sites is 1. The lowest BCUT2D eigenvalue weighted by Crippen LogP contribution is -2.43. The Morgan fingerprint density at radius 3 is 2.34 bits per heavy atom. The standard InChI is InChI=1S/C28H26N4O3/c1-4-28(20-14-12-18(2)13-15-20)26(34)31(27(35)30-28)17-24-29-23-11-6-5-10-22(23)25(33)32(24)21-9-7-8-19(3)16-21/h5-16H,4,17H2,1-3H3,(H,30,35). The van der Waals surface area contributed by atoms with E-state index in [0.29, 0.717) is 28.8 Å². The van der Waals surface area contributed by atoms with Crippen molar-refractivity contribution in [2.45, 2.75) is 39.3 Å². The minimum absolute atomic E-state index is 0.133. The van der Waals surface area contributed by atoms with Crippen LogP contribution < -0.4 is 10.9 Å². The van der Waals surface area contributed by atoms with Crippen LogP contribution in [0, 0.1) is 13.8 Å². The molecule has 1 aromatic heterocycles. The average Bonchev–Trinajstić information content (AvgIpc) is 3.10. The molecular weight excluding hydrogens is 440 g/mol. The number of nitrogens with zero attached hydrogens (tertiary/aromatic N) is 3. The van der Waals surface area contributed by atoms with E-state index in [0.717, 1.165) is 21.6 Å². The van der Waals surface area contributed by atoms with E-state index in [1.54, 1.807) is 18.2 Å². The second kappa shape index (κ2) is 8.51. The highest BCUT2D eigenvalue weighted by Crippen LogP contribution is 2.33. The summed E-state index contributed by atoms with van der Waals surface area (Å²) in [6.45, 7) is 5.65. The van der Waals surface area contributed by atoms with Gasteiger partial charge in [-0.25, -0.2) is 9.78 Å². The minimum atomic E-state index is -1.16. The Labute approximate surface area is 203 Å². The Hall–Kier alpha value is -4.26. The Morgan fingerprint density at radius 2 is 1.63 bits per heavy atom. The van der Waals surface area contributed by atoms with E-state index in [2.05, 4.69) is 5.32 Å². The summed E-state index contributed by atoms with van der Waals surface area (Å²) in [5.74, 6) is -0.0364. The van der Waals surface area contributed by atoms with Gasteiger partial charge in [0.25, 0.3) is 11.5 Å². The predicted molar refractivity (Wildman–Crippen MR) is 134 cm³/mol. The topological polar surface area (TPSA) is 84.3 Å². The summed E-state index contributed by atoms with van der Waals surface area (Å²) in [4.78, 5) is 46.3. The monoisotopic (exact) mass is 466 g/mol. The molecule has 1 saturated heterocycles. The van der Waals surface area contributed by atoms with Crippen molar-refractivity contribution in [3.8, 4) is 5.69 Å². The summed E-state index contributed by atoms with van der Waals surface area (Å²) in [6.07, 6.45) is 0.396. The molecule has 176 valence electrons. The number of aromatic nitrogens is 2. The number of imide groups is 1. The molecule has 3 amide bonds. The number of carbonyl (C=O) groups excluding carboxylic acids is 2. The molecular formula is C28H26N4O3. The second-order valence-corrected chi connectivity index (χ2v) is 8.97. The molecule has 0 saturated carbocycles. The summed E-state index contributed by atoms with van der Waals surface area (Å²) >= 11 is 0. The van der Waals surface area contributed by atoms with Crippen LogP contribution >= 0.6 is 0 Å². The van der Waals surface area contributed by atoms with Crippen molar-refractivity contribution in [3.63, 3.8) is 0 Å². The molecule has 3 aromatic carbocycles. The Bertz CT molecular complexity index is 1520. The number of aryl methyl sites for hydroxylation is 2. The van der Waals surface area contributed by atoms with Gasteiger partial charge in [0.05, 0.1) is 23.1 Å². The van der Waals surface area contributed by atoms with Gasteiger partial charge in [0.15, 0.2) is 0 Å². The summed E-state index contributed by atoms with van der Waals surface area (Å²) in [5.41, 5.74) is 2.52. The molecule has 1 fully saturated rings. The smallest absolute Gasteiger partial charge is 0.319 e. The number of urea groups is 1. The number of fused-ring (bicyclic) bond motifs is 1. The number of amides is 3. The van der Waals surface area contributed by atoms with Crippen molar-refractivity contribution in [2.24, 2.45) is 0 Å². The van der Waals surface area contributed by atoms with Crippen LogP contribution in [0.3, 0.4) is 0 Å². The summed E-state index contributed by atoms with van der Waals surface area (Å²) in [7, 11) is 0. The van der Waals surface area contributed by atoms with Crippen molar-refractivity contribution < 1.29 is 9.59 Å². The van der Waals surface area contributed by atoms with E-state index < -0.39 is 11.6 Å². The molecule has 1 N–H and O–H groups in total. The van der Waals surface area contributed by atoms with Crippen molar-refractivity contribution in [3.05, 3.63) is 106 Å². The molecule has 2 heterocycles. The SMILES string of the molecule is CCC1(c2ccc(C)cc2)NC(=O)N(Cc2nc3ccccc3c(=O)n2-c2cccc(C)c2)C1=O.